The third-order valence-corrected chi connectivity index (χ3v) is 5.54. The van der Waals surface area contributed by atoms with Crippen LogP contribution in [-0.2, 0) is 12.6 Å². The molecule has 0 saturated carbocycles. The van der Waals surface area contributed by atoms with Gasteiger partial charge in [-0.2, -0.15) is 18.3 Å². The second-order valence-corrected chi connectivity index (χ2v) is 7.48. The van der Waals surface area contributed by atoms with Crippen LogP contribution in [-0.4, -0.2) is 16.3 Å². The molecule has 8 heteroatoms. The lowest BCUT2D eigenvalue weighted by atomic mass is 10.1. The van der Waals surface area contributed by atoms with Gasteiger partial charge in [0.05, 0.1) is 22.0 Å². The lowest BCUT2D eigenvalue weighted by Crippen LogP contribution is -2.09. The number of anilines is 1. The average molecular weight is 490 g/mol. The maximum atomic E-state index is 13.1. The van der Waals surface area contributed by atoms with Gasteiger partial charge in [-0.3, -0.25) is 0 Å². The van der Waals surface area contributed by atoms with Gasteiger partial charge < -0.3 is 5.32 Å². The Morgan fingerprint density at radius 1 is 1.15 bits per heavy atom. The summed E-state index contributed by atoms with van der Waals surface area (Å²) in [6, 6.07) is 11.1. The second kappa shape index (κ2) is 6.45. The highest BCUT2D eigenvalue weighted by Gasteiger charge is 2.32. The fraction of sp³-hybridized carbons (Fsp3) is 0.167. The molecule has 1 N–H and O–H groups in total. The predicted octanol–water partition coefficient (Wildman–Crippen LogP) is 5.78. The smallest absolute Gasteiger partial charge is 0.369 e. The quantitative estimate of drug-likeness (QED) is 0.462. The number of hydrogen-bond acceptors (Lipinski definition) is 2. The lowest BCUT2D eigenvalue weighted by Gasteiger charge is -2.12. The Morgan fingerprint density at radius 3 is 2.65 bits per heavy atom. The van der Waals surface area contributed by atoms with Crippen molar-refractivity contribution in [3.63, 3.8) is 0 Å². The van der Waals surface area contributed by atoms with E-state index in [1.54, 1.807) is 0 Å². The van der Waals surface area contributed by atoms with E-state index in [4.69, 9.17) is 11.6 Å². The molecular weight excluding hydrogens is 478 g/mol. The van der Waals surface area contributed by atoms with Crippen LogP contribution < -0.4 is 5.32 Å². The van der Waals surface area contributed by atoms with E-state index in [1.165, 1.54) is 10.7 Å². The summed E-state index contributed by atoms with van der Waals surface area (Å²) in [7, 11) is 0. The molecule has 3 nitrogen and oxygen atoms in total. The van der Waals surface area contributed by atoms with E-state index in [2.05, 4.69) is 33.0 Å². The molecule has 2 heterocycles. The molecule has 0 radical (unpaired) electrons. The zero-order chi connectivity index (χ0) is 18.5. The fourth-order valence-electron chi connectivity index (χ4n) is 3.07. The standard InChI is InChI=1S/C18H12ClF3IN3/c19-13-6-5-10(18(20,21)22)9-15(13)26-17-12(7-8-24-17)16(25-26)11-3-1-2-4-14(11)23/h1-6,9,24H,7-8H2. The van der Waals surface area contributed by atoms with Gasteiger partial charge in [-0.05, 0) is 53.3 Å². The monoisotopic (exact) mass is 489 g/mol. The fourth-order valence-corrected chi connectivity index (χ4v) is 3.91. The summed E-state index contributed by atoms with van der Waals surface area (Å²) in [5.74, 6) is 0.695. The zero-order valence-corrected chi connectivity index (χ0v) is 16.2. The summed E-state index contributed by atoms with van der Waals surface area (Å²) in [5.41, 5.74) is 2.17. The maximum absolute atomic E-state index is 13.1. The molecule has 1 aliphatic rings. The van der Waals surface area contributed by atoms with Gasteiger partial charge in [-0.25, -0.2) is 4.68 Å². The first-order chi connectivity index (χ1) is 12.4. The van der Waals surface area contributed by atoms with E-state index in [1.807, 2.05) is 24.3 Å². The Bertz CT molecular complexity index is 998. The summed E-state index contributed by atoms with van der Waals surface area (Å²) < 4.78 is 41.9. The zero-order valence-electron chi connectivity index (χ0n) is 13.2. The molecule has 4 rings (SSSR count). The number of hydrogen-bond donors (Lipinski definition) is 1. The third-order valence-electron chi connectivity index (χ3n) is 4.28. The number of halogens is 5. The minimum absolute atomic E-state index is 0.212. The Morgan fingerprint density at radius 2 is 1.92 bits per heavy atom. The summed E-state index contributed by atoms with van der Waals surface area (Å²) in [5, 5.41) is 8.05. The van der Waals surface area contributed by atoms with Crippen LogP contribution in [0.2, 0.25) is 5.02 Å². The van der Waals surface area contributed by atoms with Crippen molar-refractivity contribution in [3.05, 3.63) is 62.2 Å². The largest absolute Gasteiger partial charge is 0.416 e. The molecule has 0 saturated heterocycles. The van der Waals surface area contributed by atoms with Crippen molar-refractivity contribution < 1.29 is 13.2 Å². The third kappa shape index (κ3) is 2.96. The van der Waals surface area contributed by atoms with Gasteiger partial charge in [-0.15, -0.1) is 0 Å². The van der Waals surface area contributed by atoms with Crippen molar-refractivity contribution in [2.75, 3.05) is 11.9 Å². The number of benzene rings is 2. The van der Waals surface area contributed by atoms with Gasteiger partial charge in [0, 0.05) is 21.2 Å². The van der Waals surface area contributed by atoms with Gasteiger partial charge >= 0.3 is 6.18 Å². The highest BCUT2D eigenvalue weighted by atomic mass is 127. The van der Waals surface area contributed by atoms with Gasteiger partial charge in [0.2, 0.25) is 0 Å². The van der Waals surface area contributed by atoms with Gasteiger partial charge in [0.25, 0.3) is 0 Å². The van der Waals surface area contributed by atoms with Crippen LogP contribution in [0.3, 0.4) is 0 Å². The van der Waals surface area contributed by atoms with Crippen LogP contribution in [0.25, 0.3) is 16.9 Å². The van der Waals surface area contributed by atoms with Crippen LogP contribution >= 0.6 is 34.2 Å². The molecule has 0 fully saturated rings. The van der Waals surface area contributed by atoms with Crippen LogP contribution in [0.4, 0.5) is 19.0 Å². The van der Waals surface area contributed by atoms with E-state index in [0.29, 0.717) is 12.4 Å². The van der Waals surface area contributed by atoms with E-state index in [9.17, 15) is 13.2 Å². The molecule has 1 aromatic heterocycles. The number of fused-ring (bicyclic) bond motifs is 1. The molecule has 26 heavy (non-hydrogen) atoms. The minimum atomic E-state index is -4.44. The van der Waals surface area contributed by atoms with Gasteiger partial charge in [-0.1, -0.05) is 29.8 Å². The number of rotatable bonds is 2. The Labute approximate surface area is 166 Å². The van der Waals surface area contributed by atoms with Crippen LogP contribution in [0.5, 0.6) is 0 Å². The van der Waals surface area contributed by atoms with E-state index in [0.717, 1.165) is 38.9 Å². The molecule has 1 aliphatic heterocycles. The molecule has 134 valence electrons. The van der Waals surface area contributed by atoms with Crippen molar-refractivity contribution >= 4 is 40.0 Å². The van der Waals surface area contributed by atoms with Gasteiger partial charge in [0.15, 0.2) is 0 Å². The highest BCUT2D eigenvalue weighted by molar-refractivity contribution is 14.1. The Hall–Kier alpha value is -1.74. The van der Waals surface area contributed by atoms with Crippen LogP contribution in [0, 0.1) is 3.57 Å². The molecule has 0 amide bonds. The number of nitrogens with zero attached hydrogens (tertiary/aromatic N) is 2. The normalized spacial score (nSPS) is 13.6. The Balaban J connectivity index is 1.93. The van der Waals surface area contributed by atoms with Gasteiger partial charge in [0.1, 0.15) is 5.82 Å². The summed E-state index contributed by atoms with van der Waals surface area (Å²) in [6.07, 6.45) is -3.69. The molecule has 0 atom stereocenters. The molecule has 0 unspecified atom stereocenters. The first-order valence-corrected chi connectivity index (χ1v) is 9.29. The van der Waals surface area contributed by atoms with E-state index >= 15 is 0 Å². The van der Waals surface area contributed by atoms with Crippen molar-refractivity contribution in [3.8, 4) is 16.9 Å². The van der Waals surface area contributed by atoms with Crippen molar-refractivity contribution in [1.29, 1.82) is 0 Å². The second-order valence-electron chi connectivity index (χ2n) is 5.91. The van der Waals surface area contributed by atoms with Crippen LogP contribution in [0.15, 0.2) is 42.5 Å². The minimum Gasteiger partial charge on any atom is -0.369 e. The summed E-state index contributed by atoms with van der Waals surface area (Å²) in [6.45, 7) is 0.709. The van der Waals surface area contributed by atoms with Crippen LogP contribution in [0.1, 0.15) is 11.1 Å². The van der Waals surface area contributed by atoms with Crippen molar-refractivity contribution in [2.24, 2.45) is 0 Å². The Kier molecular flexibility index (Phi) is 4.38. The lowest BCUT2D eigenvalue weighted by molar-refractivity contribution is -0.137. The van der Waals surface area contributed by atoms with Crippen molar-refractivity contribution in [1.82, 2.24) is 9.78 Å². The summed E-state index contributed by atoms with van der Waals surface area (Å²) >= 11 is 8.44. The topological polar surface area (TPSA) is 29.9 Å². The van der Waals surface area contributed by atoms with Crippen molar-refractivity contribution in [2.45, 2.75) is 12.6 Å². The first-order valence-electron chi connectivity index (χ1n) is 7.84. The van der Waals surface area contributed by atoms with E-state index in [-0.39, 0.29) is 10.7 Å². The molecule has 0 aliphatic carbocycles. The molecule has 0 bridgehead atoms. The molecule has 0 spiro atoms. The SMILES string of the molecule is FC(F)(F)c1ccc(Cl)c(-n2nc(-c3ccccc3I)c3c2NCC3)c1. The molecular formula is C18H12ClF3IN3. The molecule has 2 aromatic carbocycles. The predicted molar refractivity (Wildman–Crippen MR) is 104 cm³/mol. The van der Waals surface area contributed by atoms with E-state index < -0.39 is 11.7 Å². The average Bonchev–Trinajstić information content (AvgIpc) is 3.18. The molecule has 3 aromatic rings. The number of aromatic nitrogens is 2. The number of alkyl halides is 3. The summed E-state index contributed by atoms with van der Waals surface area (Å²) in [4.78, 5) is 0. The number of nitrogens with one attached hydrogen (secondary N) is 1. The first kappa shape index (κ1) is 17.7. The highest BCUT2D eigenvalue weighted by Crippen LogP contribution is 2.39. The maximum Gasteiger partial charge on any atom is 0.416 e.